The lowest BCUT2D eigenvalue weighted by Crippen LogP contribution is -2.31. The minimum absolute atomic E-state index is 0.00481. The third kappa shape index (κ3) is 3.81. The normalized spacial score (nSPS) is 12.2. The monoisotopic (exact) mass is 384 g/mol. The van der Waals surface area contributed by atoms with E-state index in [2.05, 4.69) is 20.4 Å². The standard InChI is InChI=1S/C15H11Cl2FN4O3/c16-9-5-10(19-12(9)17)13-21-15(25-22-13)11(6-23)20-14(24)7-1-3-8(18)4-2-7/h1-5,11,19,23H,6H2,(H,20,24)/t11-/m0/s1. The highest BCUT2D eigenvalue weighted by molar-refractivity contribution is 6.41. The number of carbonyl (C=O) groups is 1. The molecule has 0 fully saturated rings. The highest BCUT2D eigenvalue weighted by Crippen LogP contribution is 2.27. The molecule has 10 heteroatoms. The van der Waals surface area contributed by atoms with Gasteiger partial charge in [0.1, 0.15) is 17.0 Å². The van der Waals surface area contributed by atoms with Gasteiger partial charge in [-0.05, 0) is 30.3 Å². The number of aliphatic hydroxyl groups is 1. The molecule has 2 heterocycles. The van der Waals surface area contributed by atoms with Gasteiger partial charge in [0, 0.05) is 5.56 Å². The molecule has 0 spiro atoms. The van der Waals surface area contributed by atoms with Crippen LogP contribution in [-0.2, 0) is 0 Å². The van der Waals surface area contributed by atoms with Gasteiger partial charge in [-0.25, -0.2) is 4.39 Å². The van der Waals surface area contributed by atoms with Crippen LogP contribution < -0.4 is 5.32 Å². The average Bonchev–Trinajstić information content (AvgIpc) is 3.20. The highest BCUT2D eigenvalue weighted by Gasteiger charge is 2.22. The summed E-state index contributed by atoms with van der Waals surface area (Å²) in [6, 6.07) is 5.55. The van der Waals surface area contributed by atoms with E-state index >= 15 is 0 Å². The number of amides is 1. The number of benzene rings is 1. The molecule has 7 nitrogen and oxygen atoms in total. The van der Waals surface area contributed by atoms with Gasteiger partial charge in [0.2, 0.25) is 5.82 Å². The Kier molecular flexibility index (Phi) is 5.03. The molecule has 2 aromatic heterocycles. The molecule has 25 heavy (non-hydrogen) atoms. The van der Waals surface area contributed by atoms with Crippen molar-refractivity contribution in [2.45, 2.75) is 6.04 Å². The van der Waals surface area contributed by atoms with Gasteiger partial charge in [-0.15, -0.1) is 0 Å². The number of aromatic amines is 1. The lowest BCUT2D eigenvalue weighted by atomic mass is 10.2. The Bertz CT molecular complexity index is 875. The summed E-state index contributed by atoms with van der Waals surface area (Å²) in [6.07, 6.45) is 0. The summed E-state index contributed by atoms with van der Waals surface area (Å²) in [7, 11) is 0. The van der Waals surface area contributed by atoms with Crippen molar-refractivity contribution in [2.24, 2.45) is 0 Å². The molecule has 130 valence electrons. The van der Waals surface area contributed by atoms with Gasteiger partial charge in [-0.1, -0.05) is 28.4 Å². The van der Waals surface area contributed by atoms with Gasteiger partial charge < -0.3 is 19.9 Å². The summed E-state index contributed by atoms with van der Waals surface area (Å²) in [5.41, 5.74) is 0.647. The van der Waals surface area contributed by atoms with Crippen molar-refractivity contribution in [3.63, 3.8) is 0 Å². The molecule has 0 saturated heterocycles. The summed E-state index contributed by atoms with van der Waals surface area (Å²) in [5, 5.41) is 16.3. The van der Waals surface area contributed by atoms with Gasteiger partial charge in [0.15, 0.2) is 0 Å². The van der Waals surface area contributed by atoms with Crippen molar-refractivity contribution < 1.29 is 18.8 Å². The first-order valence-electron chi connectivity index (χ1n) is 7.03. The molecule has 3 rings (SSSR count). The largest absolute Gasteiger partial charge is 0.394 e. The third-order valence-corrected chi connectivity index (χ3v) is 3.99. The van der Waals surface area contributed by atoms with Crippen LogP contribution in [0, 0.1) is 5.82 Å². The SMILES string of the molecule is O=C(N[C@@H](CO)c1nc(-c2cc(Cl)c(Cl)[nH]2)no1)c1ccc(F)cc1. The van der Waals surface area contributed by atoms with Crippen LogP contribution in [0.4, 0.5) is 4.39 Å². The van der Waals surface area contributed by atoms with E-state index < -0.39 is 24.4 Å². The fourth-order valence-corrected chi connectivity index (χ4v) is 2.35. The Labute approximate surface area is 150 Å². The van der Waals surface area contributed by atoms with Crippen LogP contribution in [0.5, 0.6) is 0 Å². The van der Waals surface area contributed by atoms with Crippen molar-refractivity contribution in [3.8, 4) is 11.5 Å². The molecule has 0 aliphatic rings. The molecular weight excluding hydrogens is 374 g/mol. The summed E-state index contributed by atoms with van der Waals surface area (Å²) >= 11 is 11.7. The Hall–Kier alpha value is -2.42. The summed E-state index contributed by atoms with van der Waals surface area (Å²) in [5.74, 6) is -0.821. The molecule has 0 bridgehead atoms. The molecule has 0 aliphatic carbocycles. The van der Waals surface area contributed by atoms with Gasteiger partial charge >= 0.3 is 0 Å². The number of hydrogen-bond acceptors (Lipinski definition) is 5. The second-order valence-electron chi connectivity index (χ2n) is 5.02. The first-order valence-corrected chi connectivity index (χ1v) is 7.79. The average molecular weight is 385 g/mol. The summed E-state index contributed by atoms with van der Waals surface area (Å²) in [4.78, 5) is 19.0. The molecular formula is C15H11Cl2FN4O3. The van der Waals surface area contributed by atoms with E-state index in [0.29, 0.717) is 10.7 Å². The van der Waals surface area contributed by atoms with Crippen LogP contribution in [0.25, 0.3) is 11.5 Å². The van der Waals surface area contributed by atoms with Crippen molar-refractivity contribution >= 4 is 29.1 Å². The van der Waals surface area contributed by atoms with Crippen LogP contribution in [0.15, 0.2) is 34.9 Å². The molecule has 3 N–H and O–H groups in total. The van der Waals surface area contributed by atoms with E-state index in [1.54, 1.807) is 0 Å². The highest BCUT2D eigenvalue weighted by atomic mass is 35.5. The van der Waals surface area contributed by atoms with Crippen molar-refractivity contribution in [1.29, 1.82) is 0 Å². The number of halogens is 3. The van der Waals surface area contributed by atoms with Gasteiger partial charge in [-0.3, -0.25) is 4.79 Å². The predicted octanol–water partition coefficient (Wildman–Crippen LogP) is 2.97. The minimum Gasteiger partial charge on any atom is -0.394 e. The maximum Gasteiger partial charge on any atom is 0.251 e. The molecule has 0 aliphatic heterocycles. The fraction of sp³-hybridized carbons (Fsp3) is 0.133. The zero-order valence-corrected chi connectivity index (χ0v) is 14.0. The van der Waals surface area contributed by atoms with Crippen LogP contribution >= 0.6 is 23.2 Å². The van der Waals surface area contributed by atoms with E-state index in [9.17, 15) is 14.3 Å². The second-order valence-corrected chi connectivity index (χ2v) is 5.80. The van der Waals surface area contributed by atoms with Crippen LogP contribution in [-0.4, -0.2) is 32.7 Å². The molecule has 1 atom stereocenters. The summed E-state index contributed by atoms with van der Waals surface area (Å²) in [6.45, 7) is -0.471. The van der Waals surface area contributed by atoms with Crippen LogP contribution in [0.3, 0.4) is 0 Å². The first-order chi connectivity index (χ1) is 12.0. The smallest absolute Gasteiger partial charge is 0.251 e. The zero-order valence-electron chi connectivity index (χ0n) is 12.5. The molecule has 0 unspecified atom stereocenters. The van der Waals surface area contributed by atoms with E-state index in [1.807, 2.05) is 0 Å². The number of H-pyrrole nitrogens is 1. The number of aromatic nitrogens is 3. The van der Waals surface area contributed by atoms with Crippen LogP contribution in [0.2, 0.25) is 10.2 Å². The Morgan fingerprint density at radius 3 is 2.68 bits per heavy atom. The number of aliphatic hydroxyl groups excluding tert-OH is 1. The van der Waals surface area contributed by atoms with Crippen molar-refractivity contribution in [1.82, 2.24) is 20.4 Å². The number of nitrogens with one attached hydrogen (secondary N) is 2. The molecule has 1 amide bonds. The third-order valence-electron chi connectivity index (χ3n) is 3.30. The first kappa shape index (κ1) is 17.4. The molecule has 0 saturated carbocycles. The number of carbonyl (C=O) groups excluding carboxylic acids is 1. The van der Waals surface area contributed by atoms with Crippen molar-refractivity contribution in [2.75, 3.05) is 6.61 Å². The molecule has 3 aromatic rings. The van der Waals surface area contributed by atoms with E-state index in [-0.39, 0.29) is 22.4 Å². The minimum atomic E-state index is -0.931. The van der Waals surface area contributed by atoms with Gasteiger partial charge in [0.25, 0.3) is 11.8 Å². The fourth-order valence-electron chi connectivity index (χ4n) is 2.04. The second kappa shape index (κ2) is 7.22. The van der Waals surface area contributed by atoms with E-state index in [1.165, 1.54) is 18.2 Å². The van der Waals surface area contributed by atoms with Gasteiger partial charge in [0.05, 0.1) is 17.3 Å². The van der Waals surface area contributed by atoms with Crippen LogP contribution in [0.1, 0.15) is 22.3 Å². The molecule has 0 radical (unpaired) electrons. The van der Waals surface area contributed by atoms with E-state index in [4.69, 9.17) is 27.7 Å². The number of hydrogen-bond donors (Lipinski definition) is 3. The number of rotatable bonds is 5. The van der Waals surface area contributed by atoms with E-state index in [0.717, 1.165) is 12.1 Å². The zero-order chi connectivity index (χ0) is 18.0. The molecule has 1 aromatic carbocycles. The topological polar surface area (TPSA) is 104 Å². The number of nitrogens with zero attached hydrogens (tertiary/aromatic N) is 2. The lowest BCUT2D eigenvalue weighted by Gasteiger charge is -2.12. The Morgan fingerprint density at radius 1 is 1.36 bits per heavy atom. The van der Waals surface area contributed by atoms with Gasteiger partial charge in [-0.2, -0.15) is 4.98 Å². The van der Waals surface area contributed by atoms with Crippen molar-refractivity contribution in [3.05, 3.63) is 57.8 Å². The quantitative estimate of drug-likeness (QED) is 0.627. The summed E-state index contributed by atoms with van der Waals surface area (Å²) < 4.78 is 18.0. The maximum absolute atomic E-state index is 12.9. The Balaban J connectivity index is 1.77. The maximum atomic E-state index is 12.9. The lowest BCUT2D eigenvalue weighted by molar-refractivity contribution is 0.0901. The predicted molar refractivity (Wildman–Crippen MR) is 87.8 cm³/mol. The Morgan fingerprint density at radius 2 is 2.08 bits per heavy atom.